The molecule has 0 fully saturated rings. The molecule has 3 rings (SSSR count). The first-order chi connectivity index (χ1) is 10.1. The third kappa shape index (κ3) is 3.46. The zero-order valence-electron chi connectivity index (χ0n) is 11.7. The van der Waals surface area contributed by atoms with E-state index in [4.69, 9.17) is 0 Å². The van der Waals surface area contributed by atoms with Crippen molar-refractivity contribution in [3.05, 3.63) is 78.0 Å². The molecule has 2 aromatic carbocycles. The molecule has 0 aliphatic rings. The van der Waals surface area contributed by atoms with Crippen molar-refractivity contribution in [3.8, 4) is 22.4 Å². The van der Waals surface area contributed by atoms with Crippen LogP contribution >= 0.6 is 0 Å². The average Bonchev–Trinajstić information content (AvgIpc) is 2.51. The summed E-state index contributed by atoms with van der Waals surface area (Å²) in [5.74, 6) is -1.70. The molecule has 0 N–H and O–H groups in total. The molecule has 0 unspecified atom stereocenters. The van der Waals surface area contributed by atoms with Gasteiger partial charge in [0.2, 0.25) is 0 Å². The van der Waals surface area contributed by atoms with E-state index in [2.05, 4.69) is 11.1 Å². The molecule has 22 heavy (non-hydrogen) atoms. The molecular weight excluding hydrogens is 460 g/mol. The van der Waals surface area contributed by atoms with Crippen molar-refractivity contribution in [3.63, 3.8) is 0 Å². The first kappa shape index (κ1) is 16.5. The van der Waals surface area contributed by atoms with Gasteiger partial charge in [0.05, 0.1) is 0 Å². The van der Waals surface area contributed by atoms with Crippen LogP contribution in [0.1, 0.15) is 5.56 Å². The molecule has 1 aromatic heterocycles. The molecular formula is C18H12F2IrN-. The normalized spacial score (nSPS) is 10.1. The van der Waals surface area contributed by atoms with Gasteiger partial charge in [-0.3, -0.25) is 0 Å². The Morgan fingerprint density at radius 2 is 1.68 bits per heavy atom. The number of benzene rings is 2. The van der Waals surface area contributed by atoms with Crippen LogP contribution in [0.25, 0.3) is 22.4 Å². The summed E-state index contributed by atoms with van der Waals surface area (Å²) in [6.45, 7) is 1.97. The predicted molar refractivity (Wildman–Crippen MR) is 78.6 cm³/mol. The van der Waals surface area contributed by atoms with E-state index in [1.165, 1.54) is 6.07 Å². The van der Waals surface area contributed by atoms with E-state index in [1.807, 2.05) is 31.2 Å². The molecule has 0 aliphatic heterocycles. The number of hydrogen-bond acceptors (Lipinski definition) is 1. The molecule has 1 heterocycles. The summed E-state index contributed by atoms with van der Waals surface area (Å²) in [6.07, 6.45) is 1.79. The van der Waals surface area contributed by atoms with Gasteiger partial charge in [-0.25, -0.2) is 8.78 Å². The Kier molecular flexibility index (Phi) is 5.17. The summed E-state index contributed by atoms with van der Waals surface area (Å²) < 4.78 is 26.3. The monoisotopic (exact) mass is 473 g/mol. The van der Waals surface area contributed by atoms with Crippen molar-refractivity contribution in [2.24, 2.45) is 0 Å². The van der Waals surface area contributed by atoms with Crippen LogP contribution in [0.3, 0.4) is 0 Å². The molecule has 1 radical (unpaired) electrons. The second-order valence-corrected chi connectivity index (χ2v) is 4.84. The van der Waals surface area contributed by atoms with E-state index in [0.717, 1.165) is 28.5 Å². The summed E-state index contributed by atoms with van der Waals surface area (Å²) >= 11 is 0. The topological polar surface area (TPSA) is 12.9 Å². The minimum absolute atomic E-state index is 0. The smallest absolute Gasteiger partial charge is 0.159 e. The molecule has 3 aromatic rings. The number of aromatic nitrogens is 1. The molecule has 0 atom stereocenters. The standard InChI is InChI=1S/C18H12F2N.Ir/c1-12-5-8-18(21-11-12)15-4-2-3-13(9-15)14-6-7-16(19)17(20)10-14;/h2-3,5-11H,1H3;/q-1;. The minimum atomic E-state index is -0.852. The fraction of sp³-hybridized carbons (Fsp3) is 0.0556. The summed E-state index contributed by atoms with van der Waals surface area (Å²) in [6, 6.07) is 16.3. The quantitative estimate of drug-likeness (QED) is 0.489. The van der Waals surface area contributed by atoms with E-state index in [9.17, 15) is 8.78 Å². The molecule has 113 valence electrons. The van der Waals surface area contributed by atoms with Crippen LogP contribution in [0.5, 0.6) is 0 Å². The van der Waals surface area contributed by atoms with Gasteiger partial charge in [-0.2, -0.15) is 0 Å². The Balaban J connectivity index is 0.00000176. The van der Waals surface area contributed by atoms with Crippen LogP contribution < -0.4 is 0 Å². The average molecular weight is 473 g/mol. The zero-order chi connectivity index (χ0) is 14.8. The van der Waals surface area contributed by atoms with E-state index >= 15 is 0 Å². The van der Waals surface area contributed by atoms with Gasteiger partial charge in [0.25, 0.3) is 0 Å². The van der Waals surface area contributed by atoms with Gasteiger partial charge in [-0.1, -0.05) is 18.2 Å². The number of hydrogen-bond donors (Lipinski definition) is 0. The van der Waals surface area contributed by atoms with Crippen molar-refractivity contribution in [2.75, 3.05) is 0 Å². The second-order valence-electron chi connectivity index (χ2n) is 4.84. The van der Waals surface area contributed by atoms with Gasteiger partial charge < -0.3 is 4.98 Å². The first-order valence-corrected chi connectivity index (χ1v) is 6.54. The van der Waals surface area contributed by atoms with E-state index < -0.39 is 11.6 Å². The molecule has 0 saturated carbocycles. The van der Waals surface area contributed by atoms with E-state index in [-0.39, 0.29) is 20.1 Å². The largest absolute Gasteiger partial charge is 0.304 e. The van der Waals surface area contributed by atoms with Gasteiger partial charge in [0, 0.05) is 26.3 Å². The molecule has 1 nitrogen and oxygen atoms in total. The van der Waals surface area contributed by atoms with Crippen molar-refractivity contribution in [1.82, 2.24) is 4.98 Å². The Bertz CT molecular complexity index is 785. The minimum Gasteiger partial charge on any atom is -0.304 e. The van der Waals surface area contributed by atoms with Crippen molar-refractivity contribution >= 4 is 0 Å². The fourth-order valence-electron chi connectivity index (χ4n) is 2.10. The summed E-state index contributed by atoms with van der Waals surface area (Å²) in [4.78, 5) is 4.35. The number of rotatable bonds is 2. The Hall–Kier alpha value is -1.90. The Morgan fingerprint density at radius 3 is 2.36 bits per heavy atom. The van der Waals surface area contributed by atoms with Gasteiger partial charge in [-0.05, 0) is 35.9 Å². The number of pyridine rings is 1. The van der Waals surface area contributed by atoms with E-state index in [1.54, 1.807) is 18.3 Å². The van der Waals surface area contributed by atoms with Crippen LogP contribution in [0.4, 0.5) is 8.78 Å². The van der Waals surface area contributed by atoms with Crippen molar-refractivity contribution in [1.29, 1.82) is 0 Å². The van der Waals surface area contributed by atoms with Crippen LogP contribution in [0, 0.1) is 24.6 Å². The molecule has 4 heteroatoms. The Morgan fingerprint density at radius 1 is 0.909 bits per heavy atom. The maximum Gasteiger partial charge on any atom is 0.159 e. The number of halogens is 2. The van der Waals surface area contributed by atoms with Gasteiger partial charge in [-0.15, -0.1) is 35.4 Å². The molecule has 0 bridgehead atoms. The number of aryl methyl sites for hydroxylation is 1. The van der Waals surface area contributed by atoms with Crippen LogP contribution in [-0.4, -0.2) is 4.98 Å². The molecule has 0 spiro atoms. The molecule has 0 aliphatic carbocycles. The summed E-state index contributed by atoms with van der Waals surface area (Å²) in [7, 11) is 0. The van der Waals surface area contributed by atoms with Gasteiger partial charge in [0.15, 0.2) is 11.6 Å². The van der Waals surface area contributed by atoms with Crippen LogP contribution in [0.2, 0.25) is 0 Å². The predicted octanol–water partition coefficient (Wildman–Crippen LogP) is 4.80. The molecule has 0 amide bonds. The third-order valence-electron chi connectivity index (χ3n) is 3.24. The SMILES string of the molecule is Cc1ccc(-c2[c-]ccc(-c3ccc(F)c(F)c3)c2)nc1.[Ir]. The summed E-state index contributed by atoms with van der Waals surface area (Å²) in [5, 5.41) is 0. The maximum absolute atomic E-state index is 13.3. The van der Waals surface area contributed by atoms with E-state index in [0.29, 0.717) is 5.56 Å². The Labute approximate surface area is 141 Å². The maximum atomic E-state index is 13.3. The first-order valence-electron chi connectivity index (χ1n) is 6.54. The second kappa shape index (κ2) is 6.91. The third-order valence-corrected chi connectivity index (χ3v) is 3.24. The van der Waals surface area contributed by atoms with Crippen LogP contribution in [-0.2, 0) is 20.1 Å². The zero-order valence-corrected chi connectivity index (χ0v) is 14.1. The fourth-order valence-corrected chi connectivity index (χ4v) is 2.10. The number of nitrogens with zero attached hydrogens (tertiary/aromatic N) is 1. The van der Waals surface area contributed by atoms with Crippen LogP contribution in [0.15, 0.2) is 54.7 Å². The van der Waals surface area contributed by atoms with Gasteiger partial charge >= 0.3 is 0 Å². The van der Waals surface area contributed by atoms with Gasteiger partial charge in [0.1, 0.15) is 0 Å². The van der Waals surface area contributed by atoms with Crippen molar-refractivity contribution in [2.45, 2.75) is 6.92 Å². The molecule has 0 saturated heterocycles. The van der Waals surface area contributed by atoms with Crippen molar-refractivity contribution < 1.29 is 28.9 Å². The summed E-state index contributed by atoms with van der Waals surface area (Å²) in [5.41, 5.74) is 4.11.